The third-order valence-corrected chi connectivity index (χ3v) is 13.9. The van der Waals surface area contributed by atoms with Crippen molar-refractivity contribution in [3.63, 3.8) is 0 Å². The second-order valence-corrected chi connectivity index (χ2v) is 26.1. The molecule has 6 rings (SSSR count). The zero-order valence-corrected chi connectivity index (χ0v) is 34.5. The first-order chi connectivity index (χ1) is 25.4. The van der Waals surface area contributed by atoms with E-state index in [0.717, 1.165) is 23.5 Å². The van der Waals surface area contributed by atoms with Crippen molar-refractivity contribution < 1.29 is 0 Å². The summed E-state index contributed by atoms with van der Waals surface area (Å²) in [6.45, 7) is 16.5. The van der Waals surface area contributed by atoms with Crippen molar-refractivity contribution in [3.8, 4) is 0 Å². The average Bonchev–Trinajstić information content (AvgIpc) is 3.17. The minimum atomic E-state index is -1.30. The molecule has 0 atom stereocenters. The van der Waals surface area contributed by atoms with Gasteiger partial charge in [-0.25, -0.2) is 0 Å². The molecular formula is C50H53NSi2. The molecule has 0 aliphatic carbocycles. The SMILES string of the molecule is CCc1ccc(/C=C/c2ccc(N(c3ccc(/C=C/c4ccc([Si](C)(C)C)cc4)cc3)c3ccc(/C=C/c4ccc([Si](C)(C)C)cc4)cc3)cc2)cc1. The molecule has 1 nitrogen and oxygen atoms in total. The van der Waals surface area contributed by atoms with Crippen LogP contribution in [-0.4, -0.2) is 16.1 Å². The topological polar surface area (TPSA) is 3.24 Å². The van der Waals surface area contributed by atoms with E-state index in [1.807, 2.05) is 0 Å². The second kappa shape index (κ2) is 16.6. The van der Waals surface area contributed by atoms with Crippen molar-refractivity contribution in [1.29, 1.82) is 0 Å². The molecule has 0 heterocycles. The van der Waals surface area contributed by atoms with Crippen LogP contribution >= 0.6 is 0 Å². The number of hydrogen-bond donors (Lipinski definition) is 0. The molecular weight excluding hydrogens is 671 g/mol. The highest BCUT2D eigenvalue weighted by Crippen LogP contribution is 2.35. The Bertz CT molecular complexity index is 2050. The lowest BCUT2D eigenvalue weighted by Gasteiger charge is -2.26. The molecule has 3 heteroatoms. The van der Waals surface area contributed by atoms with Crippen LogP contribution in [0.4, 0.5) is 17.1 Å². The van der Waals surface area contributed by atoms with Crippen LogP contribution in [0.2, 0.25) is 39.3 Å². The minimum absolute atomic E-state index is 1.06. The largest absolute Gasteiger partial charge is 0.311 e. The summed E-state index contributed by atoms with van der Waals surface area (Å²) in [4.78, 5) is 2.34. The van der Waals surface area contributed by atoms with Gasteiger partial charge in [0.15, 0.2) is 0 Å². The lowest BCUT2D eigenvalue weighted by Crippen LogP contribution is -2.37. The van der Waals surface area contributed by atoms with Gasteiger partial charge in [-0.1, -0.05) is 202 Å². The van der Waals surface area contributed by atoms with E-state index in [0.29, 0.717) is 0 Å². The van der Waals surface area contributed by atoms with Gasteiger partial charge >= 0.3 is 0 Å². The molecule has 6 aromatic carbocycles. The Morgan fingerprint density at radius 1 is 0.340 bits per heavy atom. The van der Waals surface area contributed by atoms with Gasteiger partial charge in [0.25, 0.3) is 0 Å². The fraction of sp³-hybridized carbons (Fsp3) is 0.160. The summed E-state index contributed by atoms with van der Waals surface area (Å²) in [5.41, 5.74) is 11.9. The molecule has 0 aliphatic heterocycles. The smallest absolute Gasteiger partial charge is 0.0775 e. The fourth-order valence-corrected chi connectivity index (χ4v) is 8.61. The van der Waals surface area contributed by atoms with Gasteiger partial charge in [-0.05, 0) is 81.8 Å². The monoisotopic (exact) mass is 723 g/mol. The van der Waals surface area contributed by atoms with Crippen LogP contribution in [0, 0.1) is 0 Å². The molecule has 0 bridgehead atoms. The molecule has 6 aromatic rings. The van der Waals surface area contributed by atoms with Crippen LogP contribution in [0.3, 0.4) is 0 Å². The number of hydrogen-bond acceptors (Lipinski definition) is 1. The Labute approximate surface area is 320 Å². The van der Waals surface area contributed by atoms with Crippen LogP contribution in [-0.2, 0) is 6.42 Å². The van der Waals surface area contributed by atoms with Gasteiger partial charge in [-0.3, -0.25) is 0 Å². The maximum absolute atomic E-state index is 2.39. The summed E-state index contributed by atoms with van der Waals surface area (Å²) < 4.78 is 0. The van der Waals surface area contributed by atoms with Gasteiger partial charge in [-0.2, -0.15) is 0 Å². The fourth-order valence-electron chi connectivity index (χ4n) is 6.28. The number of anilines is 3. The van der Waals surface area contributed by atoms with Crippen molar-refractivity contribution >= 4 is 80.0 Å². The van der Waals surface area contributed by atoms with E-state index in [2.05, 4.69) is 233 Å². The van der Waals surface area contributed by atoms with E-state index in [1.54, 1.807) is 0 Å². The number of nitrogens with zero attached hydrogens (tertiary/aromatic N) is 1. The summed E-state index contributed by atoms with van der Waals surface area (Å²) in [7, 11) is -2.61. The lowest BCUT2D eigenvalue weighted by molar-refractivity contribution is 1.14. The third-order valence-electron chi connectivity index (χ3n) is 9.80. The van der Waals surface area contributed by atoms with E-state index in [9.17, 15) is 0 Å². The summed E-state index contributed by atoms with van der Waals surface area (Å²) in [5.74, 6) is 0. The number of aryl methyl sites for hydroxylation is 1. The maximum Gasteiger partial charge on any atom is 0.0775 e. The standard InChI is InChI=1S/C50H53NSi2/c1-8-39-9-11-40(12-10-39)13-14-41-19-29-46(30-20-41)51(47-31-21-42(22-32-47)15-17-44-25-35-49(36-26-44)52(2,3)4)48-33-23-43(24-34-48)16-18-45-27-37-50(38-28-45)53(5,6)7/h9-38H,8H2,1-7H3/b14-13+,17-15+,18-16+. The highest BCUT2D eigenvalue weighted by atomic mass is 28.3. The summed E-state index contributed by atoms with van der Waals surface area (Å²) in [6.07, 6.45) is 14.3. The molecule has 0 N–H and O–H groups in total. The third kappa shape index (κ3) is 10.2. The average molecular weight is 724 g/mol. The Balaban J connectivity index is 1.24. The zero-order valence-electron chi connectivity index (χ0n) is 32.5. The van der Waals surface area contributed by atoms with Crippen LogP contribution in [0.25, 0.3) is 36.5 Å². The predicted octanol–water partition coefficient (Wildman–Crippen LogP) is 13.3. The Morgan fingerprint density at radius 2 is 0.566 bits per heavy atom. The normalized spacial score (nSPS) is 12.3. The van der Waals surface area contributed by atoms with Gasteiger partial charge in [-0.15, -0.1) is 0 Å². The Morgan fingerprint density at radius 3 is 0.792 bits per heavy atom. The first-order valence-electron chi connectivity index (χ1n) is 18.9. The lowest BCUT2D eigenvalue weighted by atomic mass is 10.1. The van der Waals surface area contributed by atoms with Gasteiger partial charge in [0, 0.05) is 17.1 Å². The van der Waals surface area contributed by atoms with Gasteiger partial charge in [0.2, 0.25) is 0 Å². The Hall–Kier alpha value is -5.23. The zero-order chi connectivity index (χ0) is 37.4. The molecule has 0 radical (unpaired) electrons. The maximum atomic E-state index is 2.39. The van der Waals surface area contributed by atoms with Crippen LogP contribution in [0.15, 0.2) is 146 Å². The predicted molar refractivity (Wildman–Crippen MR) is 243 cm³/mol. The van der Waals surface area contributed by atoms with Crippen molar-refractivity contribution in [2.45, 2.75) is 52.6 Å². The van der Waals surface area contributed by atoms with E-state index in [1.165, 1.54) is 49.3 Å². The Kier molecular flexibility index (Phi) is 11.8. The highest BCUT2D eigenvalue weighted by Gasteiger charge is 2.16. The first-order valence-corrected chi connectivity index (χ1v) is 25.9. The second-order valence-electron chi connectivity index (χ2n) is 15.9. The van der Waals surface area contributed by atoms with E-state index in [4.69, 9.17) is 0 Å². The van der Waals surface area contributed by atoms with E-state index < -0.39 is 16.1 Å². The molecule has 0 saturated carbocycles. The van der Waals surface area contributed by atoms with Crippen molar-refractivity contribution in [3.05, 3.63) is 185 Å². The van der Waals surface area contributed by atoms with Gasteiger partial charge < -0.3 is 4.90 Å². The van der Waals surface area contributed by atoms with Crippen LogP contribution in [0.1, 0.15) is 45.9 Å². The van der Waals surface area contributed by atoms with Crippen LogP contribution in [0.5, 0.6) is 0 Å². The molecule has 0 aromatic heterocycles. The van der Waals surface area contributed by atoms with Crippen LogP contribution < -0.4 is 15.3 Å². The molecule has 0 unspecified atom stereocenters. The summed E-state index contributed by atoms with van der Waals surface area (Å²) in [6, 6.07) is 53.5. The molecule has 0 aliphatic rings. The molecule has 0 saturated heterocycles. The molecule has 266 valence electrons. The van der Waals surface area contributed by atoms with Gasteiger partial charge in [0.05, 0.1) is 16.1 Å². The number of rotatable bonds is 12. The van der Waals surface area contributed by atoms with Crippen molar-refractivity contribution in [2.75, 3.05) is 4.90 Å². The van der Waals surface area contributed by atoms with Crippen molar-refractivity contribution in [1.82, 2.24) is 0 Å². The molecule has 53 heavy (non-hydrogen) atoms. The molecule has 0 spiro atoms. The summed E-state index contributed by atoms with van der Waals surface area (Å²) >= 11 is 0. The first kappa shape index (κ1) is 37.5. The number of benzene rings is 6. The van der Waals surface area contributed by atoms with E-state index >= 15 is 0 Å². The summed E-state index contributed by atoms with van der Waals surface area (Å²) in [5, 5.41) is 2.97. The quantitative estimate of drug-likeness (QED) is 0.0897. The van der Waals surface area contributed by atoms with Crippen molar-refractivity contribution in [2.24, 2.45) is 0 Å². The molecule has 0 fully saturated rings. The molecule has 0 amide bonds. The minimum Gasteiger partial charge on any atom is -0.311 e. The van der Waals surface area contributed by atoms with E-state index in [-0.39, 0.29) is 0 Å². The highest BCUT2D eigenvalue weighted by molar-refractivity contribution is 6.89. The van der Waals surface area contributed by atoms with Gasteiger partial charge in [0.1, 0.15) is 0 Å².